The van der Waals surface area contributed by atoms with Crippen LogP contribution in [0.25, 0.3) is 22.3 Å². The third-order valence-corrected chi connectivity index (χ3v) is 13.0. The maximum absolute atomic E-state index is 2.61. The molecule has 0 saturated heterocycles. The first kappa shape index (κ1) is 32.6. The van der Waals surface area contributed by atoms with Gasteiger partial charge in [0, 0.05) is 50.9 Å². The lowest BCUT2D eigenvalue weighted by molar-refractivity contribution is 1.23. The molecular weight excluding hydrogens is 712 g/mol. The molecule has 0 N–H and O–H groups in total. The Hall–Kier alpha value is -7.49. The molecule has 5 heteroatoms. The first-order valence-electron chi connectivity index (χ1n) is 20.6. The molecule has 4 aliphatic heterocycles. The Bertz CT molecular complexity index is 2950. The molecule has 0 aromatic heterocycles. The molecule has 0 atom stereocenters. The molecule has 4 aliphatic rings. The van der Waals surface area contributed by atoms with E-state index in [1.54, 1.807) is 0 Å². The maximum atomic E-state index is 2.61. The van der Waals surface area contributed by atoms with Gasteiger partial charge in [-0.05, 0) is 86.4 Å². The highest BCUT2D eigenvalue weighted by molar-refractivity contribution is 7.04. The van der Waals surface area contributed by atoms with Crippen molar-refractivity contribution in [2.45, 2.75) is 0 Å². The summed E-state index contributed by atoms with van der Waals surface area (Å²) in [6.07, 6.45) is 0. The molecule has 272 valence electrons. The van der Waals surface area contributed by atoms with Gasteiger partial charge in [-0.15, -0.1) is 0 Å². The summed E-state index contributed by atoms with van der Waals surface area (Å²) in [5.41, 5.74) is 23.8. The van der Waals surface area contributed by atoms with Gasteiger partial charge < -0.3 is 14.7 Å². The Morgan fingerprint density at radius 3 is 0.949 bits per heavy atom. The lowest BCUT2D eigenvalue weighted by atomic mass is 9.29. The maximum Gasteiger partial charge on any atom is 0.252 e. The van der Waals surface area contributed by atoms with Gasteiger partial charge in [-0.1, -0.05) is 170 Å². The number of rotatable bonds is 4. The second-order valence-corrected chi connectivity index (χ2v) is 16.0. The zero-order valence-electron chi connectivity index (χ0n) is 32.2. The van der Waals surface area contributed by atoms with Crippen LogP contribution in [0.4, 0.5) is 51.2 Å². The molecule has 9 aromatic rings. The highest BCUT2D eigenvalue weighted by Crippen LogP contribution is 2.51. The summed E-state index contributed by atoms with van der Waals surface area (Å²) in [6, 6.07) is 78.7. The van der Waals surface area contributed by atoms with Crippen LogP contribution in [0, 0.1) is 0 Å². The molecule has 59 heavy (non-hydrogen) atoms. The monoisotopic (exact) mass is 747 g/mol. The predicted molar refractivity (Wildman–Crippen MR) is 251 cm³/mol. The van der Waals surface area contributed by atoms with Crippen LogP contribution >= 0.6 is 0 Å². The molecule has 0 bridgehead atoms. The van der Waals surface area contributed by atoms with Crippen LogP contribution in [-0.2, 0) is 0 Å². The highest BCUT2D eigenvalue weighted by atomic mass is 15.2. The number of benzene rings is 9. The average molecular weight is 748 g/mol. The summed E-state index contributed by atoms with van der Waals surface area (Å²) >= 11 is 0. The van der Waals surface area contributed by atoms with Crippen molar-refractivity contribution in [3.8, 4) is 22.3 Å². The van der Waals surface area contributed by atoms with Crippen LogP contribution < -0.4 is 47.5 Å². The molecular formula is C54H35B2N3. The van der Waals surface area contributed by atoms with Crippen LogP contribution in [0.2, 0.25) is 0 Å². The number of anilines is 9. The fourth-order valence-corrected chi connectivity index (χ4v) is 10.8. The molecule has 9 aromatic carbocycles. The molecule has 0 saturated carbocycles. The van der Waals surface area contributed by atoms with E-state index in [0.717, 1.165) is 0 Å². The van der Waals surface area contributed by atoms with E-state index >= 15 is 0 Å². The van der Waals surface area contributed by atoms with Crippen molar-refractivity contribution in [3.63, 3.8) is 0 Å². The molecule has 0 amide bonds. The summed E-state index contributed by atoms with van der Waals surface area (Å²) < 4.78 is 0. The minimum absolute atomic E-state index is 0.0437. The van der Waals surface area contributed by atoms with Crippen molar-refractivity contribution in [3.05, 3.63) is 212 Å². The van der Waals surface area contributed by atoms with Crippen molar-refractivity contribution in [1.82, 2.24) is 0 Å². The van der Waals surface area contributed by atoms with Gasteiger partial charge in [0.05, 0.1) is 11.4 Å². The Labute approximate surface area is 345 Å². The second kappa shape index (κ2) is 12.5. The largest absolute Gasteiger partial charge is 0.312 e. The fraction of sp³-hybridized carbons (Fsp3) is 0. The van der Waals surface area contributed by atoms with Crippen LogP contribution in [0.3, 0.4) is 0 Å². The number of nitrogens with zero attached hydrogens (tertiary/aromatic N) is 3. The van der Waals surface area contributed by atoms with Crippen molar-refractivity contribution in [2.75, 3.05) is 14.7 Å². The first-order valence-corrected chi connectivity index (χ1v) is 20.6. The Morgan fingerprint density at radius 1 is 0.254 bits per heavy atom. The summed E-state index contributed by atoms with van der Waals surface area (Å²) in [5, 5.41) is 0. The van der Waals surface area contributed by atoms with Crippen LogP contribution in [0.1, 0.15) is 0 Å². The topological polar surface area (TPSA) is 9.72 Å². The summed E-state index contributed by atoms with van der Waals surface area (Å²) in [6.45, 7) is 0.0875. The van der Waals surface area contributed by atoms with Crippen molar-refractivity contribution < 1.29 is 0 Å². The van der Waals surface area contributed by atoms with Gasteiger partial charge in [0.1, 0.15) is 0 Å². The van der Waals surface area contributed by atoms with Gasteiger partial charge in [0.25, 0.3) is 13.4 Å². The lowest BCUT2D eigenvalue weighted by Crippen LogP contribution is -2.68. The minimum atomic E-state index is 0.0437. The van der Waals surface area contributed by atoms with E-state index < -0.39 is 0 Å². The summed E-state index contributed by atoms with van der Waals surface area (Å²) in [4.78, 5) is 7.76. The van der Waals surface area contributed by atoms with Crippen LogP contribution in [0.5, 0.6) is 0 Å². The summed E-state index contributed by atoms with van der Waals surface area (Å²) in [5.74, 6) is 0. The number of para-hydroxylation sites is 6. The zero-order chi connectivity index (χ0) is 38.6. The standard InChI is InChI=1S/C54H35B2N3/c1-3-19-36(20-4-1)38-23-7-13-29-44(38)57-46-31-15-9-25-40(46)55-42-27-11-17-33-48(42)59-49-34-18-12-28-43(49)56-41-26-10-16-32-47(41)58(51-35-50(57)52(55)54(59)53(51)56)45-30-14-8-24-39(45)37-21-5-2-6-22-37/h1-35H. The SMILES string of the molecule is c1ccc(-c2ccccc2N2c3ccccc3B3c4ccccc4N4c5ccccc5B5c6ccccc6N(c6ccccc6-c6ccccc6)c6cc2c3c4c65)cc1. The fourth-order valence-electron chi connectivity index (χ4n) is 10.8. The number of fused-ring (bicyclic) bond motifs is 10. The zero-order valence-corrected chi connectivity index (χ0v) is 32.2. The third-order valence-electron chi connectivity index (χ3n) is 13.0. The van der Waals surface area contributed by atoms with Crippen LogP contribution in [-0.4, -0.2) is 13.4 Å². The van der Waals surface area contributed by atoms with E-state index in [0.29, 0.717) is 0 Å². The molecule has 4 heterocycles. The van der Waals surface area contributed by atoms with Crippen molar-refractivity contribution in [1.29, 1.82) is 0 Å². The van der Waals surface area contributed by atoms with Gasteiger partial charge in [-0.2, -0.15) is 0 Å². The first-order chi connectivity index (χ1) is 29.3. The lowest BCUT2D eigenvalue weighted by Gasteiger charge is -2.51. The second-order valence-electron chi connectivity index (χ2n) is 16.0. The molecule has 0 fully saturated rings. The normalized spacial score (nSPS) is 13.6. The van der Waals surface area contributed by atoms with E-state index in [2.05, 4.69) is 227 Å². The van der Waals surface area contributed by atoms with Gasteiger partial charge in [0.15, 0.2) is 0 Å². The molecule has 13 rings (SSSR count). The van der Waals surface area contributed by atoms with E-state index in [1.165, 1.54) is 106 Å². The molecule has 0 radical (unpaired) electrons. The van der Waals surface area contributed by atoms with Gasteiger partial charge in [-0.25, -0.2) is 0 Å². The Morgan fingerprint density at radius 2 is 0.559 bits per heavy atom. The Kier molecular flexibility index (Phi) is 6.90. The van der Waals surface area contributed by atoms with Gasteiger partial charge in [-0.3, -0.25) is 0 Å². The minimum Gasteiger partial charge on any atom is -0.312 e. The summed E-state index contributed by atoms with van der Waals surface area (Å²) in [7, 11) is 0. The van der Waals surface area contributed by atoms with Crippen molar-refractivity contribution in [2.24, 2.45) is 0 Å². The molecule has 3 nitrogen and oxygen atoms in total. The van der Waals surface area contributed by atoms with Crippen molar-refractivity contribution >= 4 is 97.4 Å². The molecule has 0 aliphatic carbocycles. The Balaban J connectivity index is 1.20. The number of hydrogen-bond donors (Lipinski definition) is 0. The average Bonchev–Trinajstić information content (AvgIpc) is 3.31. The van der Waals surface area contributed by atoms with Crippen LogP contribution in [0.15, 0.2) is 212 Å². The molecule has 0 unspecified atom stereocenters. The number of hydrogen-bond acceptors (Lipinski definition) is 3. The quantitative estimate of drug-likeness (QED) is 0.166. The predicted octanol–water partition coefficient (Wildman–Crippen LogP) is 9.72. The smallest absolute Gasteiger partial charge is 0.252 e. The third kappa shape index (κ3) is 4.50. The van der Waals surface area contributed by atoms with Gasteiger partial charge in [0.2, 0.25) is 0 Å². The highest BCUT2D eigenvalue weighted by Gasteiger charge is 2.51. The van der Waals surface area contributed by atoms with E-state index in [1.807, 2.05) is 0 Å². The van der Waals surface area contributed by atoms with E-state index in [-0.39, 0.29) is 13.4 Å². The van der Waals surface area contributed by atoms with Gasteiger partial charge >= 0.3 is 0 Å². The van der Waals surface area contributed by atoms with E-state index in [9.17, 15) is 0 Å². The van der Waals surface area contributed by atoms with E-state index in [4.69, 9.17) is 0 Å². The molecule has 0 spiro atoms.